The summed E-state index contributed by atoms with van der Waals surface area (Å²) in [6.07, 6.45) is 1.29. The maximum atomic E-state index is 12.2. The highest BCUT2D eigenvalue weighted by Gasteiger charge is 2.06. The lowest BCUT2D eigenvalue weighted by atomic mass is 10.1. The molecule has 0 unspecified atom stereocenters. The van der Waals surface area contributed by atoms with E-state index < -0.39 is 5.56 Å². The van der Waals surface area contributed by atoms with Gasteiger partial charge >= 0.3 is 0 Å². The fourth-order valence-corrected chi connectivity index (χ4v) is 1.90. The zero-order valence-electron chi connectivity index (χ0n) is 10.3. The van der Waals surface area contributed by atoms with E-state index >= 15 is 0 Å². The standard InChI is InChI=1S/C15H11Cl2NO2/c16-11-7-4-8-13(19)14(10-5-2-1-3-6-10)15(20)18-9-12(11)17/h1-9,19H,(H,18,20). The van der Waals surface area contributed by atoms with E-state index in [1.165, 1.54) is 24.4 Å². The predicted molar refractivity (Wildman–Crippen MR) is 81.8 cm³/mol. The van der Waals surface area contributed by atoms with Crippen molar-refractivity contribution in [2.45, 2.75) is 0 Å². The molecule has 2 N–H and O–H groups in total. The Labute approximate surface area is 125 Å². The zero-order chi connectivity index (χ0) is 14.5. The molecule has 3 nitrogen and oxygen atoms in total. The number of aromatic amines is 1. The van der Waals surface area contributed by atoms with Gasteiger partial charge in [0.2, 0.25) is 0 Å². The smallest absolute Gasteiger partial charge is 0.259 e. The van der Waals surface area contributed by atoms with Gasteiger partial charge in [-0.15, -0.1) is 0 Å². The van der Waals surface area contributed by atoms with Gasteiger partial charge in [-0.2, -0.15) is 0 Å². The normalized spacial score (nSPS) is 9.90. The van der Waals surface area contributed by atoms with E-state index in [2.05, 4.69) is 4.98 Å². The Balaban J connectivity index is 2.81. The Morgan fingerprint density at radius 3 is 2.30 bits per heavy atom. The number of hydrogen-bond donors (Lipinski definition) is 2. The van der Waals surface area contributed by atoms with E-state index in [0.717, 1.165) is 0 Å². The molecule has 1 aromatic carbocycles. The number of H-pyrrole nitrogens is 1. The minimum absolute atomic E-state index is 0.152. The number of rotatable bonds is 1. The molecule has 0 amide bonds. The van der Waals surface area contributed by atoms with Gasteiger partial charge in [-0.1, -0.05) is 59.6 Å². The summed E-state index contributed by atoms with van der Waals surface area (Å²) < 4.78 is 0. The molecule has 1 heterocycles. The largest absolute Gasteiger partial charge is 0.507 e. The number of hydrogen-bond acceptors (Lipinski definition) is 2. The third-order valence-electron chi connectivity index (χ3n) is 2.60. The second-order valence-corrected chi connectivity index (χ2v) is 4.78. The SMILES string of the molecule is O=c1[nH]cc(Cl)c(Cl)cccc(O)c1-c1ccccc1. The van der Waals surface area contributed by atoms with E-state index in [1.807, 2.05) is 6.07 Å². The molecule has 102 valence electrons. The van der Waals surface area contributed by atoms with Gasteiger partial charge in [0.1, 0.15) is 5.75 Å². The van der Waals surface area contributed by atoms with E-state index in [1.54, 1.807) is 24.3 Å². The fraction of sp³-hybridized carbons (Fsp3) is 0. The third-order valence-corrected chi connectivity index (χ3v) is 3.34. The van der Waals surface area contributed by atoms with Crippen molar-refractivity contribution in [2.24, 2.45) is 0 Å². The molecule has 1 aromatic heterocycles. The van der Waals surface area contributed by atoms with E-state index in [9.17, 15) is 9.90 Å². The molecular weight excluding hydrogens is 297 g/mol. The Morgan fingerprint density at radius 2 is 1.60 bits per heavy atom. The zero-order valence-corrected chi connectivity index (χ0v) is 11.8. The van der Waals surface area contributed by atoms with Gasteiger partial charge in [-0.05, 0) is 17.7 Å². The Bertz CT molecular complexity index is 726. The summed E-state index contributed by atoms with van der Waals surface area (Å²) in [6, 6.07) is 13.3. The van der Waals surface area contributed by atoms with Crippen LogP contribution < -0.4 is 5.56 Å². The summed E-state index contributed by atoms with van der Waals surface area (Å²) in [7, 11) is 0. The van der Waals surface area contributed by atoms with E-state index in [0.29, 0.717) is 5.56 Å². The van der Waals surface area contributed by atoms with Crippen LogP contribution in [0.25, 0.3) is 11.1 Å². The molecule has 2 rings (SSSR count). The van der Waals surface area contributed by atoms with Gasteiger partial charge in [0.05, 0.1) is 15.6 Å². The fourth-order valence-electron chi connectivity index (χ4n) is 1.66. The molecule has 20 heavy (non-hydrogen) atoms. The van der Waals surface area contributed by atoms with Crippen LogP contribution >= 0.6 is 23.2 Å². The number of benzene rings is 1. The average molecular weight is 308 g/mol. The Hall–Kier alpha value is -1.97. The minimum atomic E-state index is -0.470. The molecule has 0 saturated carbocycles. The summed E-state index contributed by atoms with van der Waals surface area (Å²) >= 11 is 11.8. The molecule has 0 aliphatic rings. The predicted octanol–water partition coefficient (Wildman–Crippen LogP) is 4.18. The van der Waals surface area contributed by atoms with Gasteiger partial charge < -0.3 is 10.1 Å². The number of nitrogens with one attached hydrogen (secondary N) is 1. The third kappa shape index (κ3) is 3.32. The van der Waals surface area contributed by atoms with Crippen molar-refractivity contribution in [1.82, 2.24) is 4.98 Å². The first-order valence-corrected chi connectivity index (χ1v) is 6.54. The molecule has 0 aliphatic carbocycles. The summed E-state index contributed by atoms with van der Waals surface area (Å²) in [5, 5.41) is 10.5. The second-order valence-electron chi connectivity index (χ2n) is 3.97. The van der Waals surface area contributed by atoms with Gasteiger partial charge in [0.15, 0.2) is 0 Å². The quantitative estimate of drug-likeness (QED) is 0.830. The molecule has 0 radical (unpaired) electrons. The molecule has 0 aliphatic heterocycles. The van der Waals surface area contributed by atoms with E-state index in [-0.39, 0.29) is 21.4 Å². The van der Waals surface area contributed by atoms with Gasteiger partial charge in [-0.3, -0.25) is 4.79 Å². The summed E-state index contributed by atoms with van der Waals surface area (Å²) in [4.78, 5) is 14.7. The lowest BCUT2D eigenvalue weighted by Gasteiger charge is -2.00. The first-order chi connectivity index (χ1) is 9.59. The topological polar surface area (TPSA) is 53.1 Å². The monoisotopic (exact) mass is 307 g/mol. The molecule has 0 fully saturated rings. The minimum Gasteiger partial charge on any atom is -0.507 e. The molecule has 0 saturated heterocycles. The van der Waals surface area contributed by atoms with Crippen molar-refractivity contribution in [3.63, 3.8) is 0 Å². The lowest BCUT2D eigenvalue weighted by molar-refractivity contribution is 0.477. The molecule has 5 heteroatoms. The maximum Gasteiger partial charge on any atom is 0.259 e. The summed E-state index contributed by atoms with van der Waals surface area (Å²) in [5.41, 5.74) is 0.296. The molecule has 2 aromatic rings. The first kappa shape index (κ1) is 14.4. The Kier molecular flexibility index (Phi) is 4.66. The van der Waals surface area contributed by atoms with Crippen LogP contribution in [0.4, 0.5) is 0 Å². The van der Waals surface area contributed by atoms with Crippen molar-refractivity contribution in [3.05, 3.63) is 75.1 Å². The second kappa shape index (κ2) is 6.46. The highest BCUT2D eigenvalue weighted by Crippen LogP contribution is 2.24. The number of aromatic hydroxyl groups is 1. The van der Waals surface area contributed by atoms with Crippen LogP contribution in [-0.4, -0.2) is 10.1 Å². The summed E-state index contributed by atoms with van der Waals surface area (Å²) in [5.74, 6) is -0.152. The van der Waals surface area contributed by atoms with Crippen LogP contribution in [0.1, 0.15) is 0 Å². The highest BCUT2D eigenvalue weighted by atomic mass is 35.5. The molecule has 0 spiro atoms. The Morgan fingerprint density at radius 1 is 0.900 bits per heavy atom. The van der Waals surface area contributed by atoms with Crippen LogP contribution in [0.2, 0.25) is 10.0 Å². The first-order valence-electron chi connectivity index (χ1n) is 5.79. The van der Waals surface area contributed by atoms with Gasteiger partial charge in [0.25, 0.3) is 5.56 Å². The van der Waals surface area contributed by atoms with Crippen molar-refractivity contribution < 1.29 is 5.11 Å². The summed E-state index contributed by atoms with van der Waals surface area (Å²) in [6.45, 7) is 0. The molecular formula is C15H11Cl2NO2. The van der Waals surface area contributed by atoms with Gasteiger partial charge in [0, 0.05) is 6.20 Å². The van der Waals surface area contributed by atoms with Crippen molar-refractivity contribution >= 4 is 23.2 Å². The van der Waals surface area contributed by atoms with Crippen molar-refractivity contribution in [3.8, 4) is 16.9 Å². The maximum absolute atomic E-state index is 12.2. The average Bonchev–Trinajstić information content (AvgIpc) is 2.45. The molecule has 0 bridgehead atoms. The lowest BCUT2D eigenvalue weighted by Crippen LogP contribution is -2.05. The molecule has 0 atom stereocenters. The van der Waals surface area contributed by atoms with Crippen LogP contribution in [0.15, 0.2) is 59.5 Å². The van der Waals surface area contributed by atoms with Crippen LogP contribution in [0.3, 0.4) is 0 Å². The van der Waals surface area contributed by atoms with Crippen molar-refractivity contribution in [2.75, 3.05) is 0 Å². The van der Waals surface area contributed by atoms with Crippen LogP contribution in [0, 0.1) is 0 Å². The number of aromatic nitrogens is 1. The van der Waals surface area contributed by atoms with Gasteiger partial charge in [-0.25, -0.2) is 0 Å². The van der Waals surface area contributed by atoms with Crippen molar-refractivity contribution in [1.29, 1.82) is 0 Å². The highest BCUT2D eigenvalue weighted by molar-refractivity contribution is 6.41. The van der Waals surface area contributed by atoms with Crippen LogP contribution in [0.5, 0.6) is 5.75 Å². The van der Waals surface area contributed by atoms with E-state index in [4.69, 9.17) is 23.2 Å². The van der Waals surface area contributed by atoms with Crippen LogP contribution in [-0.2, 0) is 0 Å². The number of halogens is 2.